The van der Waals surface area contributed by atoms with E-state index in [0.29, 0.717) is 0 Å². The van der Waals surface area contributed by atoms with Crippen molar-refractivity contribution in [3.8, 4) is 0 Å². The highest BCUT2D eigenvalue weighted by Crippen LogP contribution is 2.44. The van der Waals surface area contributed by atoms with Crippen LogP contribution in [-0.4, -0.2) is 32.7 Å². The van der Waals surface area contributed by atoms with E-state index in [4.69, 9.17) is 14.2 Å². The maximum atomic E-state index is 8.64. The van der Waals surface area contributed by atoms with Crippen molar-refractivity contribution in [3.63, 3.8) is 0 Å². The Labute approximate surface area is 48.6 Å². The molecule has 3 N–H and O–H groups in total. The molecule has 0 aromatic rings. The first-order chi connectivity index (χ1) is 3.60. The van der Waals surface area contributed by atoms with Crippen molar-refractivity contribution >= 4 is 10.9 Å². The summed E-state index contributed by atoms with van der Waals surface area (Å²) < 4.78 is 21.6. The molecule has 0 amide bonds. The minimum atomic E-state index is -2.85. The molecule has 0 aromatic heterocycles. The van der Waals surface area contributed by atoms with Crippen LogP contribution in [0.1, 0.15) is 0 Å². The minimum Gasteiger partial charge on any atom is -0.390 e. The van der Waals surface area contributed by atoms with Crippen LogP contribution in [0.25, 0.3) is 0 Å². The van der Waals surface area contributed by atoms with E-state index in [1.165, 1.54) is 0 Å². The molecule has 0 aliphatic carbocycles. The average Bonchev–Trinajstić information content (AvgIpc) is 1.82. The van der Waals surface area contributed by atoms with Gasteiger partial charge in [-0.3, -0.25) is 4.18 Å². The van der Waals surface area contributed by atoms with E-state index in [-0.39, 0.29) is 12.4 Å². The molecule has 4 nitrogen and oxygen atoms in total. The highest BCUT2D eigenvalue weighted by atomic mass is 32.3. The molecule has 8 heavy (non-hydrogen) atoms. The van der Waals surface area contributed by atoms with Crippen molar-refractivity contribution in [2.24, 2.45) is 0 Å². The van der Waals surface area contributed by atoms with Gasteiger partial charge in [0.1, 0.15) is 0 Å². The fourth-order valence-corrected chi connectivity index (χ4v) is 1.60. The van der Waals surface area contributed by atoms with Crippen LogP contribution >= 0.6 is 10.9 Å². The zero-order valence-corrected chi connectivity index (χ0v) is 4.97. The predicted octanol–water partition coefficient (Wildman–Crippen LogP) is 0.0431. The van der Waals surface area contributed by atoms with Crippen molar-refractivity contribution in [2.75, 3.05) is 12.4 Å². The van der Waals surface area contributed by atoms with Crippen molar-refractivity contribution in [1.82, 2.24) is 0 Å². The topological polar surface area (TPSA) is 69.9 Å². The predicted molar refractivity (Wildman–Crippen MR) is 29.7 cm³/mol. The molecule has 1 fully saturated rings. The zero-order chi connectivity index (χ0) is 6.20. The fraction of sp³-hybridized carbons (Fsp3) is 1.00. The number of aliphatic hydroxyl groups is 1. The van der Waals surface area contributed by atoms with Gasteiger partial charge in [-0.1, -0.05) is 0 Å². The first kappa shape index (κ1) is 6.31. The summed E-state index contributed by atoms with van der Waals surface area (Å²) in [4.78, 5) is 0. The molecule has 0 radical (unpaired) electrons. The molecule has 0 spiro atoms. The highest BCUT2D eigenvalue weighted by molar-refractivity contribution is 8.20. The minimum absolute atomic E-state index is 0.0347. The molecule has 1 rings (SSSR count). The molecule has 1 aliphatic heterocycles. The first-order valence-corrected chi connectivity index (χ1v) is 3.82. The van der Waals surface area contributed by atoms with Crippen LogP contribution in [0.5, 0.6) is 0 Å². The summed E-state index contributed by atoms with van der Waals surface area (Å²) >= 11 is 0. The van der Waals surface area contributed by atoms with E-state index >= 15 is 0 Å². The van der Waals surface area contributed by atoms with Crippen LogP contribution in [0.15, 0.2) is 0 Å². The van der Waals surface area contributed by atoms with Gasteiger partial charge in [-0.2, -0.15) is 0 Å². The van der Waals surface area contributed by atoms with E-state index in [2.05, 4.69) is 4.18 Å². The molecular weight excluding hydrogens is 132 g/mol. The molecule has 1 saturated heterocycles. The van der Waals surface area contributed by atoms with E-state index in [0.717, 1.165) is 0 Å². The van der Waals surface area contributed by atoms with Crippen molar-refractivity contribution in [3.05, 3.63) is 0 Å². The number of hydrogen-bond donors (Lipinski definition) is 3. The zero-order valence-electron chi connectivity index (χ0n) is 4.15. The van der Waals surface area contributed by atoms with Crippen molar-refractivity contribution in [2.45, 2.75) is 6.10 Å². The standard InChI is InChI=1S/C3H8O4S/c4-3-1-7-8(5,6)2-3/h3-6H,1-2H2. The SMILES string of the molecule is OC1COS(O)(O)C1. The van der Waals surface area contributed by atoms with E-state index in [1.54, 1.807) is 0 Å². The van der Waals surface area contributed by atoms with Gasteiger partial charge in [-0.05, 0) is 0 Å². The van der Waals surface area contributed by atoms with Gasteiger partial charge in [0.05, 0.1) is 29.3 Å². The Balaban J connectivity index is 2.44. The van der Waals surface area contributed by atoms with Gasteiger partial charge in [0.15, 0.2) is 0 Å². The molecule has 1 heterocycles. The van der Waals surface area contributed by atoms with E-state index < -0.39 is 17.0 Å². The van der Waals surface area contributed by atoms with Crippen LogP contribution in [0.3, 0.4) is 0 Å². The van der Waals surface area contributed by atoms with Crippen LogP contribution < -0.4 is 0 Å². The van der Waals surface area contributed by atoms with Gasteiger partial charge < -0.3 is 14.2 Å². The summed E-state index contributed by atoms with van der Waals surface area (Å²) in [5.41, 5.74) is 0. The van der Waals surface area contributed by atoms with Crippen LogP contribution in [0, 0.1) is 0 Å². The quantitative estimate of drug-likeness (QED) is 0.444. The molecule has 1 aliphatic rings. The van der Waals surface area contributed by atoms with Gasteiger partial charge in [0, 0.05) is 0 Å². The van der Waals surface area contributed by atoms with Crippen molar-refractivity contribution < 1.29 is 18.4 Å². The van der Waals surface area contributed by atoms with E-state index in [1.807, 2.05) is 0 Å². The number of aliphatic hydroxyl groups excluding tert-OH is 1. The summed E-state index contributed by atoms with van der Waals surface area (Å²) in [6, 6.07) is 0. The van der Waals surface area contributed by atoms with E-state index in [9.17, 15) is 0 Å². The maximum Gasteiger partial charge on any atom is 0.0926 e. The Kier molecular flexibility index (Phi) is 1.46. The lowest BCUT2D eigenvalue weighted by molar-refractivity contribution is 0.154. The monoisotopic (exact) mass is 140 g/mol. The van der Waals surface area contributed by atoms with Crippen molar-refractivity contribution in [1.29, 1.82) is 0 Å². The second-order valence-electron chi connectivity index (χ2n) is 1.71. The molecule has 5 heteroatoms. The van der Waals surface area contributed by atoms with Gasteiger partial charge in [-0.15, -0.1) is 0 Å². The Hall–Kier alpha value is 0.190. The molecule has 1 atom stereocenters. The van der Waals surface area contributed by atoms with Crippen LogP contribution in [0.4, 0.5) is 0 Å². The summed E-state index contributed by atoms with van der Waals surface area (Å²) in [7, 11) is -2.85. The largest absolute Gasteiger partial charge is 0.390 e. The Morgan fingerprint density at radius 2 is 2.12 bits per heavy atom. The number of hydrogen-bond acceptors (Lipinski definition) is 4. The Morgan fingerprint density at radius 1 is 1.50 bits per heavy atom. The normalized spacial score (nSPS) is 39.6. The van der Waals surface area contributed by atoms with Gasteiger partial charge in [0.25, 0.3) is 0 Å². The third kappa shape index (κ3) is 1.33. The lowest BCUT2D eigenvalue weighted by atomic mass is 10.5. The fourth-order valence-electron chi connectivity index (χ4n) is 0.534. The Morgan fingerprint density at radius 3 is 2.25 bits per heavy atom. The van der Waals surface area contributed by atoms with Crippen LogP contribution in [-0.2, 0) is 4.18 Å². The number of rotatable bonds is 0. The summed E-state index contributed by atoms with van der Waals surface area (Å²) in [5, 5.41) is 8.64. The molecule has 0 saturated carbocycles. The highest BCUT2D eigenvalue weighted by Gasteiger charge is 2.30. The molecule has 50 valence electrons. The first-order valence-electron chi connectivity index (χ1n) is 2.18. The summed E-state index contributed by atoms with van der Waals surface area (Å²) in [5.74, 6) is -0.0347. The third-order valence-electron chi connectivity index (χ3n) is 0.859. The van der Waals surface area contributed by atoms with Gasteiger partial charge >= 0.3 is 0 Å². The lowest BCUT2D eigenvalue weighted by Crippen LogP contribution is -2.08. The Bertz CT molecular complexity index is 93.3. The smallest absolute Gasteiger partial charge is 0.0926 e. The van der Waals surface area contributed by atoms with Crippen LogP contribution in [0.2, 0.25) is 0 Å². The maximum absolute atomic E-state index is 8.64. The van der Waals surface area contributed by atoms with Gasteiger partial charge in [0.2, 0.25) is 0 Å². The average molecular weight is 140 g/mol. The summed E-state index contributed by atoms with van der Waals surface area (Å²) in [6.07, 6.45) is -0.694. The summed E-state index contributed by atoms with van der Waals surface area (Å²) in [6.45, 7) is 0.0440. The second-order valence-corrected chi connectivity index (χ2v) is 3.49. The molecular formula is C3H8O4S. The lowest BCUT2D eigenvalue weighted by Gasteiger charge is -2.16. The second kappa shape index (κ2) is 1.85. The third-order valence-corrected chi connectivity index (χ3v) is 2.19. The van der Waals surface area contributed by atoms with Gasteiger partial charge in [-0.25, -0.2) is 0 Å². The molecule has 0 bridgehead atoms. The molecule has 1 unspecified atom stereocenters. The molecule has 0 aromatic carbocycles.